The van der Waals surface area contributed by atoms with Crippen molar-refractivity contribution >= 4 is 16.9 Å². The summed E-state index contributed by atoms with van der Waals surface area (Å²) in [5.74, 6) is -1.09. The lowest BCUT2D eigenvalue weighted by Gasteiger charge is -2.07. The number of benzene rings is 1. The standard InChI is InChI=1S/C14H17NO2/c1-9(14(16)17)7-11-5-4-6-13-12(11)8-10(2)15(13)3/h4-6,8-9H,7H2,1-3H3,(H,16,17). The van der Waals surface area contributed by atoms with Crippen LogP contribution in [0, 0.1) is 12.8 Å². The molecule has 0 bridgehead atoms. The minimum Gasteiger partial charge on any atom is -0.481 e. The average molecular weight is 231 g/mol. The van der Waals surface area contributed by atoms with E-state index in [2.05, 4.69) is 23.6 Å². The molecule has 3 nitrogen and oxygen atoms in total. The quantitative estimate of drug-likeness (QED) is 0.882. The van der Waals surface area contributed by atoms with E-state index in [9.17, 15) is 4.79 Å². The third kappa shape index (κ3) is 2.05. The van der Waals surface area contributed by atoms with Gasteiger partial charge >= 0.3 is 5.97 Å². The Hall–Kier alpha value is -1.77. The summed E-state index contributed by atoms with van der Waals surface area (Å²) < 4.78 is 2.13. The van der Waals surface area contributed by atoms with Gasteiger partial charge in [-0.05, 0) is 31.0 Å². The van der Waals surface area contributed by atoms with Gasteiger partial charge in [0.2, 0.25) is 0 Å². The molecule has 90 valence electrons. The Balaban J connectivity index is 2.48. The van der Waals surface area contributed by atoms with Crippen LogP contribution in [0.3, 0.4) is 0 Å². The van der Waals surface area contributed by atoms with E-state index < -0.39 is 5.97 Å². The Morgan fingerprint density at radius 3 is 2.82 bits per heavy atom. The zero-order valence-corrected chi connectivity index (χ0v) is 10.4. The number of carbonyl (C=O) groups is 1. The second-order valence-electron chi connectivity index (χ2n) is 4.64. The first-order valence-electron chi connectivity index (χ1n) is 5.77. The average Bonchev–Trinajstić information content (AvgIpc) is 2.57. The Morgan fingerprint density at radius 2 is 2.18 bits per heavy atom. The highest BCUT2D eigenvalue weighted by Gasteiger charge is 2.14. The molecule has 0 amide bonds. The smallest absolute Gasteiger partial charge is 0.306 e. The van der Waals surface area contributed by atoms with Crippen LogP contribution < -0.4 is 0 Å². The second-order valence-corrected chi connectivity index (χ2v) is 4.64. The van der Waals surface area contributed by atoms with Crippen molar-refractivity contribution < 1.29 is 9.90 Å². The monoisotopic (exact) mass is 231 g/mol. The molecule has 2 rings (SSSR count). The molecule has 0 radical (unpaired) electrons. The minimum absolute atomic E-state index is 0.346. The van der Waals surface area contributed by atoms with Gasteiger partial charge in [0, 0.05) is 23.6 Å². The molecule has 0 spiro atoms. The van der Waals surface area contributed by atoms with Gasteiger partial charge in [-0.15, -0.1) is 0 Å². The van der Waals surface area contributed by atoms with E-state index in [1.807, 2.05) is 19.2 Å². The molecule has 2 aromatic rings. The number of rotatable bonds is 3. The maximum Gasteiger partial charge on any atom is 0.306 e. The molecule has 1 aromatic heterocycles. The number of carboxylic acids is 1. The van der Waals surface area contributed by atoms with Crippen LogP contribution in [0.5, 0.6) is 0 Å². The van der Waals surface area contributed by atoms with Crippen LogP contribution in [0.1, 0.15) is 18.2 Å². The molecule has 1 unspecified atom stereocenters. The van der Waals surface area contributed by atoms with Crippen molar-refractivity contribution in [3.05, 3.63) is 35.5 Å². The van der Waals surface area contributed by atoms with Crippen molar-refractivity contribution in [2.24, 2.45) is 13.0 Å². The van der Waals surface area contributed by atoms with Crippen molar-refractivity contribution in [3.8, 4) is 0 Å². The van der Waals surface area contributed by atoms with Gasteiger partial charge in [-0.1, -0.05) is 19.1 Å². The first-order chi connectivity index (χ1) is 8.00. The molecule has 0 fully saturated rings. The molecule has 1 heterocycles. The summed E-state index contributed by atoms with van der Waals surface area (Å²) in [6.07, 6.45) is 0.579. The number of hydrogen-bond donors (Lipinski definition) is 1. The number of fused-ring (bicyclic) bond motifs is 1. The maximum absolute atomic E-state index is 10.9. The fraction of sp³-hybridized carbons (Fsp3) is 0.357. The molecule has 1 atom stereocenters. The summed E-state index contributed by atoms with van der Waals surface area (Å²) in [7, 11) is 2.03. The predicted octanol–water partition coefficient (Wildman–Crippen LogP) is 2.75. The number of aromatic nitrogens is 1. The Bertz CT molecular complexity index is 569. The lowest BCUT2D eigenvalue weighted by atomic mass is 9.98. The molecule has 3 heteroatoms. The molecule has 0 saturated carbocycles. The van der Waals surface area contributed by atoms with E-state index in [-0.39, 0.29) is 5.92 Å². The fourth-order valence-electron chi connectivity index (χ4n) is 2.15. The van der Waals surface area contributed by atoms with Crippen LogP contribution in [0.4, 0.5) is 0 Å². The third-order valence-corrected chi connectivity index (χ3v) is 3.36. The van der Waals surface area contributed by atoms with Crippen LogP contribution in [-0.4, -0.2) is 15.6 Å². The molecule has 1 aromatic carbocycles. The van der Waals surface area contributed by atoms with Crippen molar-refractivity contribution in [1.29, 1.82) is 0 Å². The first-order valence-corrected chi connectivity index (χ1v) is 5.77. The summed E-state index contributed by atoms with van der Waals surface area (Å²) in [6.45, 7) is 3.81. The fourth-order valence-corrected chi connectivity index (χ4v) is 2.15. The van der Waals surface area contributed by atoms with Crippen molar-refractivity contribution in [1.82, 2.24) is 4.57 Å². The number of aryl methyl sites for hydroxylation is 2. The van der Waals surface area contributed by atoms with Crippen LogP contribution >= 0.6 is 0 Å². The van der Waals surface area contributed by atoms with Gasteiger partial charge in [0.25, 0.3) is 0 Å². The molecule has 0 aliphatic heterocycles. The normalized spacial score (nSPS) is 12.9. The molecular weight excluding hydrogens is 214 g/mol. The lowest BCUT2D eigenvalue weighted by molar-refractivity contribution is -0.141. The van der Waals surface area contributed by atoms with E-state index >= 15 is 0 Å². The summed E-state index contributed by atoms with van der Waals surface area (Å²) in [4.78, 5) is 10.9. The molecule has 0 saturated heterocycles. The number of nitrogens with zero attached hydrogens (tertiary/aromatic N) is 1. The Kier molecular flexibility index (Phi) is 2.92. The molecule has 0 aliphatic rings. The molecule has 1 N–H and O–H groups in total. The predicted molar refractivity (Wildman–Crippen MR) is 68.2 cm³/mol. The number of carboxylic acid groups (broad SMARTS) is 1. The van der Waals surface area contributed by atoms with Crippen LogP contribution in [0.25, 0.3) is 10.9 Å². The highest BCUT2D eigenvalue weighted by molar-refractivity contribution is 5.85. The van der Waals surface area contributed by atoms with Gasteiger partial charge in [-0.2, -0.15) is 0 Å². The number of aliphatic carboxylic acids is 1. The van der Waals surface area contributed by atoms with E-state index in [0.717, 1.165) is 11.1 Å². The van der Waals surface area contributed by atoms with Crippen molar-refractivity contribution in [2.75, 3.05) is 0 Å². The van der Waals surface area contributed by atoms with Crippen molar-refractivity contribution in [3.63, 3.8) is 0 Å². The highest BCUT2D eigenvalue weighted by Crippen LogP contribution is 2.24. The molecule has 0 aliphatic carbocycles. The summed E-state index contributed by atoms with van der Waals surface area (Å²) in [5, 5.41) is 10.1. The first kappa shape index (κ1) is 11.7. The Morgan fingerprint density at radius 1 is 1.47 bits per heavy atom. The van der Waals surface area contributed by atoms with Gasteiger partial charge in [-0.25, -0.2) is 0 Å². The zero-order valence-electron chi connectivity index (χ0n) is 10.4. The van der Waals surface area contributed by atoms with E-state index in [1.165, 1.54) is 11.1 Å². The van der Waals surface area contributed by atoms with Crippen LogP contribution in [-0.2, 0) is 18.3 Å². The summed E-state index contributed by atoms with van der Waals surface area (Å²) >= 11 is 0. The van der Waals surface area contributed by atoms with Crippen LogP contribution in [0.15, 0.2) is 24.3 Å². The van der Waals surface area contributed by atoms with E-state index in [1.54, 1.807) is 6.92 Å². The summed E-state index contributed by atoms with van der Waals surface area (Å²) in [5.41, 5.74) is 3.47. The third-order valence-electron chi connectivity index (χ3n) is 3.36. The minimum atomic E-state index is -0.741. The van der Waals surface area contributed by atoms with Gasteiger partial charge < -0.3 is 9.67 Å². The second kappa shape index (κ2) is 4.24. The summed E-state index contributed by atoms with van der Waals surface area (Å²) in [6, 6.07) is 8.20. The van der Waals surface area contributed by atoms with Crippen LogP contribution in [0.2, 0.25) is 0 Å². The SMILES string of the molecule is Cc1cc2c(CC(C)C(=O)O)cccc2n1C. The Labute approximate surface area is 101 Å². The van der Waals surface area contributed by atoms with E-state index in [0.29, 0.717) is 6.42 Å². The maximum atomic E-state index is 10.9. The number of hydrogen-bond acceptors (Lipinski definition) is 1. The van der Waals surface area contributed by atoms with Gasteiger partial charge in [-0.3, -0.25) is 4.79 Å². The van der Waals surface area contributed by atoms with Gasteiger partial charge in [0.05, 0.1) is 5.92 Å². The highest BCUT2D eigenvalue weighted by atomic mass is 16.4. The topological polar surface area (TPSA) is 42.2 Å². The van der Waals surface area contributed by atoms with Gasteiger partial charge in [0.1, 0.15) is 0 Å². The largest absolute Gasteiger partial charge is 0.481 e. The van der Waals surface area contributed by atoms with Gasteiger partial charge in [0.15, 0.2) is 0 Å². The lowest BCUT2D eigenvalue weighted by Crippen LogP contribution is -2.12. The van der Waals surface area contributed by atoms with E-state index in [4.69, 9.17) is 5.11 Å². The zero-order chi connectivity index (χ0) is 12.6. The molecule has 17 heavy (non-hydrogen) atoms. The van der Waals surface area contributed by atoms with Crippen molar-refractivity contribution in [2.45, 2.75) is 20.3 Å². The molecular formula is C14H17NO2.